The van der Waals surface area contributed by atoms with Crippen molar-refractivity contribution in [1.82, 2.24) is 9.97 Å². The van der Waals surface area contributed by atoms with Crippen LogP contribution in [-0.4, -0.2) is 50.3 Å². The number of halogens is 3. The lowest BCUT2D eigenvalue weighted by Gasteiger charge is -2.29. The fourth-order valence-electron chi connectivity index (χ4n) is 4.83. The summed E-state index contributed by atoms with van der Waals surface area (Å²) in [5.41, 5.74) is 2.62. The van der Waals surface area contributed by atoms with Crippen LogP contribution in [0.4, 0.5) is 30.6 Å². The SMILES string of the molecule is COC(=O)Cc1ccc(Nc2nc(N3CC=C(c4ccc(C(F)F)cc4)CC3)nc3c2S(=O)(=O)CCC3)c(F)c1. The molecule has 40 heavy (non-hydrogen) atoms. The summed E-state index contributed by atoms with van der Waals surface area (Å²) in [4.78, 5) is 22.5. The van der Waals surface area contributed by atoms with Crippen LogP contribution in [-0.2, 0) is 32.2 Å². The van der Waals surface area contributed by atoms with Gasteiger partial charge in [-0.1, -0.05) is 36.4 Å². The van der Waals surface area contributed by atoms with Gasteiger partial charge < -0.3 is 15.0 Å². The lowest BCUT2D eigenvalue weighted by Crippen LogP contribution is -2.31. The molecule has 12 heteroatoms. The van der Waals surface area contributed by atoms with Crippen LogP contribution in [0.1, 0.15) is 41.7 Å². The number of ether oxygens (including phenoxy) is 1. The van der Waals surface area contributed by atoms with Crippen molar-refractivity contribution in [3.05, 3.63) is 76.7 Å². The van der Waals surface area contributed by atoms with Gasteiger partial charge in [0.05, 0.1) is 30.7 Å². The number of alkyl halides is 2. The second-order valence-corrected chi connectivity index (χ2v) is 11.7. The molecule has 2 aliphatic heterocycles. The highest BCUT2D eigenvalue weighted by atomic mass is 32.2. The predicted octanol–water partition coefficient (Wildman–Crippen LogP) is 5.03. The molecule has 0 atom stereocenters. The van der Waals surface area contributed by atoms with E-state index in [1.807, 2.05) is 11.0 Å². The number of carbonyl (C=O) groups is 1. The first-order valence-corrected chi connectivity index (χ1v) is 14.4. The third kappa shape index (κ3) is 5.81. The van der Waals surface area contributed by atoms with Crippen molar-refractivity contribution in [2.75, 3.05) is 36.2 Å². The lowest BCUT2D eigenvalue weighted by molar-refractivity contribution is -0.139. The number of hydrogen-bond acceptors (Lipinski definition) is 8. The molecular formula is C28H27F3N4O4S. The number of hydrogen-bond donors (Lipinski definition) is 1. The summed E-state index contributed by atoms with van der Waals surface area (Å²) in [5, 5.41) is 2.85. The number of nitrogens with one attached hydrogen (secondary N) is 1. The number of sulfone groups is 1. The van der Waals surface area contributed by atoms with E-state index in [1.54, 1.807) is 18.2 Å². The molecule has 0 amide bonds. The van der Waals surface area contributed by atoms with Gasteiger partial charge in [0.15, 0.2) is 15.7 Å². The van der Waals surface area contributed by atoms with Gasteiger partial charge in [-0.3, -0.25) is 4.79 Å². The van der Waals surface area contributed by atoms with Crippen LogP contribution >= 0.6 is 0 Å². The zero-order valence-corrected chi connectivity index (χ0v) is 22.5. The molecule has 5 rings (SSSR count). The minimum atomic E-state index is -3.69. The average Bonchev–Trinajstić information content (AvgIpc) is 2.94. The maximum atomic E-state index is 15.0. The standard InChI is InChI=1S/C28H27F3N4O4S/c1-39-24(36)16-17-4-9-22(21(29)15-17)32-27-25-23(3-2-14-40(25,37)38)33-28(34-27)35-12-10-19(11-13-35)18-5-7-20(8-6-18)26(30)31/h4-10,15,26H,2-3,11-14,16H2,1H3,(H,32,33,34). The third-order valence-corrected chi connectivity index (χ3v) is 8.83. The molecule has 0 radical (unpaired) electrons. The van der Waals surface area contributed by atoms with Crippen LogP contribution < -0.4 is 10.2 Å². The van der Waals surface area contributed by atoms with Crippen LogP contribution in [0.25, 0.3) is 5.57 Å². The van der Waals surface area contributed by atoms with E-state index in [9.17, 15) is 26.4 Å². The summed E-state index contributed by atoms with van der Waals surface area (Å²) in [6.07, 6.45) is 0.796. The number of anilines is 3. The van der Waals surface area contributed by atoms with Gasteiger partial charge in [-0.25, -0.2) is 26.6 Å². The highest BCUT2D eigenvalue weighted by Gasteiger charge is 2.31. The van der Waals surface area contributed by atoms with Gasteiger partial charge in [-0.15, -0.1) is 0 Å². The normalized spacial score (nSPS) is 16.3. The number of aryl methyl sites for hydroxylation is 1. The van der Waals surface area contributed by atoms with Crippen molar-refractivity contribution < 1.29 is 31.1 Å². The fraction of sp³-hybridized carbons (Fsp3) is 0.321. The summed E-state index contributed by atoms with van der Waals surface area (Å²) in [6, 6.07) is 10.3. The number of fused-ring (bicyclic) bond motifs is 1. The molecule has 0 fully saturated rings. The van der Waals surface area contributed by atoms with Crippen LogP contribution in [0.5, 0.6) is 0 Å². The quantitative estimate of drug-likeness (QED) is 0.394. The summed E-state index contributed by atoms with van der Waals surface area (Å²) in [5.74, 6) is -0.935. The van der Waals surface area contributed by atoms with Gasteiger partial charge in [0.1, 0.15) is 10.7 Å². The molecule has 0 aliphatic carbocycles. The van der Waals surface area contributed by atoms with Crippen LogP contribution in [0.3, 0.4) is 0 Å². The maximum Gasteiger partial charge on any atom is 0.309 e. The van der Waals surface area contributed by atoms with Crippen LogP contribution in [0, 0.1) is 5.82 Å². The Kier molecular flexibility index (Phi) is 7.79. The number of methoxy groups -OCH3 is 1. The summed E-state index contributed by atoms with van der Waals surface area (Å²) < 4.78 is 71.4. The number of esters is 1. The highest BCUT2D eigenvalue weighted by molar-refractivity contribution is 7.91. The first-order chi connectivity index (χ1) is 19.1. The number of nitrogens with zero attached hydrogens (tertiary/aromatic N) is 3. The molecular weight excluding hydrogens is 545 g/mol. The molecule has 3 aromatic rings. The number of carbonyl (C=O) groups excluding carboxylic acids is 1. The van der Waals surface area contributed by atoms with Crippen molar-refractivity contribution in [3.8, 4) is 0 Å². The maximum absolute atomic E-state index is 15.0. The number of aromatic nitrogens is 2. The van der Waals surface area contributed by atoms with Crippen molar-refractivity contribution in [2.45, 2.75) is 37.0 Å². The van der Waals surface area contributed by atoms with Gasteiger partial charge in [0, 0.05) is 18.7 Å². The number of benzene rings is 2. The minimum Gasteiger partial charge on any atom is -0.469 e. The van der Waals surface area contributed by atoms with Crippen LogP contribution in [0.15, 0.2) is 53.4 Å². The van der Waals surface area contributed by atoms with E-state index in [2.05, 4.69) is 20.0 Å². The molecule has 0 saturated heterocycles. The second kappa shape index (κ2) is 11.3. The minimum absolute atomic E-state index is 0.00307. The molecule has 0 bridgehead atoms. The lowest BCUT2D eigenvalue weighted by atomic mass is 9.98. The summed E-state index contributed by atoms with van der Waals surface area (Å²) >= 11 is 0. The monoisotopic (exact) mass is 572 g/mol. The second-order valence-electron chi connectivity index (χ2n) is 9.61. The van der Waals surface area contributed by atoms with Crippen molar-refractivity contribution in [1.29, 1.82) is 0 Å². The topological polar surface area (TPSA) is 101 Å². The average molecular weight is 573 g/mol. The van der Waals surface area contributed by atoms with Gasteiger partial charge in [-0.05, 0) is 48.1 Å². The van der Waals surface area contributed by atoms with Gasteiger partial charge in [-0.2, -0.15) is 4.98 Å². The smallest absolute Gasteiger partial charge is 0.309 e. The molecule has 1 N–H and O–H groups in total. The zero-order valence-electron chi connectivity index (χ0n) is 21.7. The molecule has 2 aliphatic rings. The van der Waals surface area contributed by atoms with Gasteiger partial charge in [0.2, 0.25) is 5.95 Å². The van der Waals surface area contributed by atoms with Crippen molar-refractivity contribution >= 4 is 38.8 Å². The van der Waals surface area contributed by atoms with Crippen LogP contribution in [0.2, 0.25) is 0 Å². The molecule has 8 nitrogen and oxygen atoms in total. The van der Waals surface area contributed by atoms with Crippen molar-refractivity contribution in [3.63, 3.8) is 0 Å². The van der Waals surface area contributed by atoms with E-state index in [4.69, 9.17) is 0 Å². The summed E-state index contributed by atoms with van der Waals surface area (Å²) in [6.45, 7) is 0.942. The molecule has 0 unspecified atom stereocenters. The van der Waals surface area contributed by atoms with Gasteiger partial charge >= 0.3 is 5.97 Å². The van der Waals surface area contributed by atoms with Gasteiger partial charge in [0.25, 0.3) is 6.43 Å². The Morgan fingerprint density at radius 2 is 1.90 bits per heavy atom. The third-order valence-electron chi connectivity index (χ3n) is 6.95. The van der Waals surface area contributed by atoms with Crippen molar-refractivity contribution in [2.24, 2.45) is 0 Å². The Balaban J connectivity index is 1.44. The largest absolute Gasteiger partial charge is 0.469 e. The Morgan fingerprint density at radius 1 is 1.12 bits per heavy atom. The highest BCUT2D eigenvalue weighted by Crippen LogP contribution is 2.35. The molecule has 210 valence electrons. The van der Waals surface area contributed by atoms with E-state index >= 15 is 0 Å². The first kappa shape index (κ1) is 27.6. The predicted molar refractivity (Wildman–Crippen MR) is 144 cm³/mol. The molecule has 1 aromatic heterocycles. The molecule has 0 spiro atoms. The van der Waals surface area contributed by atoms with E-state index in [-0.39, 0.29) is 34.1 Å². The Morgan fingerprint density at radius 3 is 2.55 bits per heavy atom. The summed E-state index contributed by atoms with van der Waals surface area (Å²) in [7, 11) is -2.44. The first-order valence-electron chi connectivity index (χ1n) is 12.7. The number of rotatable bonds is 7. The molecule has 3 heterocycles. The van der Waals surface area contributed by atoms with E-state index in [1.165, 1.54) is 31.4 Å². The Bertz CT molecular complexity index is 1580. The van der Waals surface area contributed by atoms with E-state index < -0.39 is 28.0 Å². The van der Waals surface area contributed by atoms with E-state index in [0.29, 0.717) is 49.6 Å². The molecule has 2 aromatic carbocycles. The molecule has 0 saturated carbocycles. The Labute approximate surface area is 229 Å². The zero-order chi connectivity index (χ0) is 28.4. The fourth-order valence-corrected chi connectivity index (χ4v) is 6.46. The van der Waals surface area contributed by atoms with E-state index in [0.717, 1.165) is 11.1 Å². The Hall–Kier alpha value is -3.93.